The van der Waals surface area contributed by atoms with Crippen molar-refractivity contribution in [2.75, 3.05) is 19.5 Å². The molecule has 7 heteroatoms. The van der Waals surface area contributed by atoms with Gasteiger partial charge in [-0.2, -0.15) is 0 Å². The van der Waals surface area contributed by atoms with Crippen LogP contribution < -0.4 is 5.32 Å². The Morgan fingerprint density at radius 1 is 1.83 bits per heavy atom. The minimum absolute atomic E-state index is 0.380. The summed E-state index contributed by atoms with van der Waals surface area (Å²) >= 11 is 1.24. The van der Waals surface area contributed by atoms with Crippen molar-refractivity contribution >= 4 is 22.5 Å². The quantitative estimate of drug-likeness (QED) is 0.689. The topological polar surface area (TPSA) is 67.3 Å². The second-order valence-electron chi connectivity index (χ2n) is 1.85. The first kappa shape index (κ1) is 8.88. The summed E-state index contributed by atoms with van der Waals surface area (Å²) in [5, 5.41) is 11.2. The van der Waals surface area contributed by atoms with E-state index in [9.17, 15) is 4.79 Å². The van der Waals surface area contributed by atoms with Crippen LogP contribution in [0.4, 0.5) is 9.93 Å². The fourth-order valence-electron chi connectivity index (χ4n) is 0.481. The maximum atomic E-state index is 11.1. The number of rotatable bonds is 2. The van der Waals surface area contributed by atoms with Crippen LogP contribution in [0.3, 0.4) is 0 Å². The molecule has 66 valence electrons. The summed E-state index contributed by atoms with van der Waals surface area (Å²) in [6, 6.07) is -0.380. The molecule has 1 aromatic rings. The summed E-state index contributed by atoms with van der Waals surface area (Å²) in [5.74, 6) is 0. The van der Waals surface area contributed by atoms with E-state index >= 15 is 0 Å². The van der Waals surface area contributed by atoms with Crippen LogP contribution in [0.25, 0.3) is 0 Å². The molecule has 0 aliphatic heterocycles. The Balaban J connectivity index is 2.47. The Hall–Kier alpha value is -1.21. The number of urea groups is 1. The van der Waals surface area contributed by atoms with Crippen molar-refractivity contribution in [1.82, 2.24) is 15.3 Å². The lowest BCUT2D eigenvalue weighted by atomic mass is 10.9. The molecule has 0 aliphatic carbocycles. The Morgan fingerprint density at radius 2 is 2.58 bits per heavy atom. The highest BCUT2D eigenvalue weighted by atomic mass is 32.1. The largest absolute Gasteiger partial charge is 0.347 e. The number of aromatic nitrogens is 2. The van der Waals surface area contributed by atoms with Gasteiger partial charge in [-0.1, -0.05) is 11.3 Å². The van der Waals surface area contributed by atoms with Crippen LogP contribution in [0.2, 0.25) is 0 Å². The highest BCUT2D eigenvalue weighted by Crippen LogP contribution is 2.08. The SMILES string of the molecule is CON(C)C(=O)Nc1nncs1. The molecule has 1 rings (SSSR count). The maximum absolute atomic E-state index is 11.1. The minimum atomic E-state index is -0.380. The van der Waals surface area contributed by atoms with Crippen molar-refractivity contribution in [3.63, 3.8) is 0 Å². The fraction of sp³-hybridized carbons (Fsp3) is 0.400. The molecule has 6 nitrogen and oxygen atoms in total. The first-order valence-electron chi connectivity index (χ1n) is 3.09. The molecular weight excluding hydrogens is 180 g/mol. The number of carbonyl (C=O) groups is 1. The van der Waals surface area contributed by atoms with Crippen molar-refractivity contribution in [3.05, 3.63) is 5.51 Å². The van der Waals surface area contributed by atoms with Gasteiger partial charge < -0.3 is 0 Å². The monoisotopic (exact) mass is 188 g/mol. The molecule has 0 aromatic carbocycles. The zero-order chi connectivity index (χ0) is 8.97. The van der Waals surface area contributed by atoms with Crippen LogP contribution in [0.5, 0.6) is 0 Å². The third-order valence-electron chi connectivity index (χ3n) is 1.13. The Morgan fingerprint density at radius 3 is 3.08 bits per heavy atom. The zero-order valence-corrected chi connectivity index (χ0v) is 7.46. The summed E-state index contributed by atoms with van der Waals surface area (Å²) in [7, 11) is 2.90. The molecule has 1 aromatic heterocycles. The highest BCUT2D eigenvalue weighted by Gasteiger charge is 2.08. The van der Waals surface area contributed by atoms with E-state index < -0.39 is 0 Å². The third kappa shape index (κ3) is 2.14. The van der Waals surface area contributed by atoms with E-state index in [-0.39, 0.29) is 6.03 Å². The van der Waals surface area contributed by atoms with Crippen LogP contribution in [0, 0.1) is 0 Å². The van der Waals surface area contributed by atoms with Crippen molar-refractivity contribution < 1.29 is 9.63 Å². The standard InChI is InChI=1S/C5H8N4O2S/c1-9(11-2)5(10)7-4-8-6-3-12-4/h3H,1-2H3,(H,7,8,10). The average molecular weight is 188 g/mol. The molecule has 0 saturated heterocycles. The van der Waals surface area contributed by atoms with E-state index in [1.165, 1.54) is 31.0 Å². The Kier molecular flexibility index (Phi) is 2.94. The number of amides is 2. The molecule has 0 radical (unpaired) electrons. The molecule has 0 fully saturated rings. The van der Waals surface area contributed by atoms with Crippen molar-refractivity contribution in [2.45, 2.75) is 0 Å². The first-order valence-corrected chi connectivity index (χ1v) is 3.97. The number of anilines is 1. The molecule has 0 bridgehead atoms. The maximum Gasteiger partial charge on any atom is 0.347 e. The normalized spacial score (nSPS) is 9.50. The van der Waals surface area contributed by atoms with Crippen LogP contribution in [-0.4, -0.2) is 35.4 Å². The average Bonchev–Trinajstić information content (AvgIpc) is 2.55. The predicted molar refractivity (Wildman–Crippen MR) is 43.7 cm³/mol. The lowest BCUT2D eigenvalue weighted by Gasteiger charge is -2.12. The number of nitrogens with one attached hydrogen (secondary N) is 1. The van der Waals surface area contributed by atoms with Crippen molar-refractivity contribution in [1.29, 1.82) is 0 Å². The second kappa shape index (κ2) is 3.98. The van der Waals surface area contributed by atoms with Gasteiger partial charge in [-0.3, -0.25) is 10.2 Å². The molecule has 0 atom stereocenters. The molecule has 0 saturated carbocycles. The summed E-state index contributed by atoms with van der Waals surface area (Å²) in [6.07, 6.45) is 0. The highest BCUT2D eigenvalue weighted by molar-refractivity contribution is 7.13. The van der Waals surface area contributed by atoms with Gasteiger partial charge in [0, 0.05) is 7.05 Å². The molecule has 0 spiro atoms. The van der Waals surface area contributed by atoms with Gasteiger partial charge in [-0.05, 0) is 0 Å². The molecule has 2 amide bonds. The number of carbonyl (C=O) groups excluding carboxylic acids is 1. The van der Waals surface area contributed by atoms with Crippen molar-refractivity contribution in [3.8, 4) is 0 Å². The van der Waals surface area contributed by atoms with Gasteiger partial charge in [0.05, 0.1) is 7.11 Å². The minimum Gasteiger partial charge on any atom is -0.280 e. The molecule has 12 heavy (non-hydrogen) atoms. The number of hydrogen-bond donors (Lipinski definition) is 1. The zero-order valence-electron chi connectivity index (χ0n) is 6.64. The second-order valence-corrected chi connectivity index (χ2v) is 2.69. The van der Waals surface area contributed by atoms with E-state index in [1.54, 1.807) is 0 Å². The first-order chi connectivity index (χ1) is 5.74. The number of hydroxylamine groups is 2. The van der Waals surface area contributed by atoms with Crippen molar-refractivity contribution in [2.24, 2.45) is 0 Å². The lowest BCUT2D eigenvalue weighted by Crippen LogP contribution is -2.30. The van der Waals surface area contributed by atoms with E-state index in [4.69, 9.17) is 0 Å². The number of hydrogen-bond acceptors (Lipinski definition) is 5. The van der Waals surface area contributed by atoms with E-state index in [0.717, 1.165) is 5.06 Å². The molecular formula is C5H8N4O2S. The van der Waals surface area contributed by atoms with Gasteiger partial charge >= 0.3 is 6.03 Å². The summed E-state index contributed by atoms with van der Waals surface area (Å²) in [6.45, 7) is 0. The molecule has 0 unspecified atom stereocenters. The summed E-state index contributed by atoms with van der Waals surface area (Å²) in [4.78, 5) is 15.7. The lowest BCUT2D eigenvalue weighted by molar-refractivity contribution is -0.0598. The smallest absolute Gasteiger partial charge is 0.280 e. The Labute approximate surface area is 73.1 Å². The molecule has 1 N–H and O–H groups in total. The predicted octanol–water partition coefficient (Wildman–Crippen LogP) is 0.563. The summed E-state index contributed by atoms with van der Waals surface area (Å²) < 4.78 is 0. The van der Waals surface area contributed by atoms with Gasteiger partial charge in [0.2, 0.25) is 5.13 Å². The van der Waals surface area contributed by atoms with Gasteiger partial charge in [-0.15, -0.1) is 10.2 Å². The number of nitrogens with zero attached hydrogens (tertiary/aromatic N) is 3. The van der Waals surface area contributed by atoms with Crippen LogP contribution in [0.1, 0.15) is 0 Å². The van der Waals surface area contributed by atoms with Crippen LogP contribution in [0.15, 0.2) is 5.51 Å². The molecule has 0 aliphatic rings. The third-order valence-corrected chi connectivity index (χ3v) is 1.74. The van der Waals surface area contributed by atoms with Gasteiger partial charge in [0.15, 0.2) is 0 Å². The van der Waals surface area contributed by atoms with Crippen LogP contribution >= 0.6 is 11.3 Å². The Bertz CT molecular complexity index is 250. The van der Waals surface area contributed by atoms with Gasteiger partial charge in [-0.25, -0.2) is 9.86 Å². The van der Waals surface area contributed by atoms with Crippen LogP contribution in [-0.2, 0) is 4.84 Å². The summed E-state index contributed by atoms with van der Waals surface area (Å²) in [5.41, 5.74) is 1.53. The van der Waals surface area contributed by atoms with E-state index in [2.05, 4.69) is 20.4 Å². The van der Waals surface area contributed by atoms with E-state index in [0.29, 0.717) is 5.13 Å². The van der Waals surface area contributed by atoms with Gasteiger partial charge in [0.25, 0.3) is 0 Å². The molecule has 1 heterocycles. The van der Waals surface area contributed by atoms with E-state index in [1.807, 2.05) is 0 Å². The fourth-order valence-corrected chi connectivity index (χ4v) is 0.915. The van der Waals surface area contributed by atoms with Gasteiger partial charge in [0.1, 0.15) is 5.51 Å².